The second-order valence-corrected chi connectivity index (χ2v) is 33.5. The molecule has 6 heterocycles. The molecular weight excluding hydrogens is 1580 g/mol. The maximum atomic E-state index is 13.7. The highest BCUT2D eigenvalue weighted by Gasteiger charge is 2.59. The number of carbonyl (C=O) groups is 3. The van der Waals surface area contributed by atoms with E-state index in [1.807, 2.05) is 6.08 Å². The molecule has 36 nitrogen and oxygen atoms in total. The smallest absolute Gasteiger partial charge is 0.220 e. The average Bonchev–Trinajstić information content (AvgIpc) is 0.763. The van der Waals surface area contributed by atoms with Crippen LogP contribution in [0.4, 0.5) is 0 Å². The Morgan fingerprint density at radius 3 is 1.08 bits per heavy atom. The van der Waals surface area contributed by atoms with Gasteiger partial charge in [-0.05, 0) is 19.3 Å². The van der Waals surface area contributed by atoms with Crippen LogP contribution in [0.3, 0.4) is 0 Å². The van der Waals surface area contributed by atoms with Crippen molar-refractivity contribution in [3.63, 3.8) is 0 Å². The van der Waals surface area contributed by atoms with Gasteiger partial charge in [0.1, 0.15) is 146 Å². The number of rotatable bonds is 60. The van der Waals surface area contributed by atoms with E-state index < -0.39 is 254 Å². The van der Waals surface area contributed by atoms with Crippen molar-refractivity contribution in [2.75, 3.05) is 46.2 Å². The van der Waals surface area contributed by atoms with E-state index in [2.05, 4.69) is 29.8 Å². The molecule has 6 rings (SSSR count). The highest BCUT2D eigenvalue weighted by Crippen LogP contribution is 2.39. The second kappa shape index (κ2) is 58.4. The van der Waals surface area contributed by atoms with Crippen LogP contribution in [-0.4, -0.2) is 352 Å². The van der Waals surface area contributed by atoms with E-state index in [0.29, 0.717) is 12.8 Å². The molecule has 36 heteroatoms. The van der Waals surface area contributed by atoms with Gasteiger partial charge in [0.15, 0.2) is 37.7 Å². The highest BCUT2D eigenvalue weighted by atomic mass is 16.8. The van der Waals surface area contributed by atoms with Gasteiger partial charge in [0.05, 0.1) is 58.4 Å². The van der Waals surface area contributed by atoms with Crippen molar-refractivity contribution in [1.29, 1.82) is 0 Å². The molecule has 0 aromatic rings. The standard InChI is InChI=1S/C84H153N3O33/c1-5-7-9-11-13-15-17-19-20-21-22-23-24-25-26-27-28-30-32-34-36-38-40-42-60(97)87-52(53(96)41-39-37-35-33-31-29-18-16-14-12-10-8-6-2)49-109-81-71(106)69(104)75(58(47-92)114-81)117-84-73(108)78(76(59(48-93)115-84)118-79-61(85-50(3)94)66(101)63(98)54(43-88)110-79)120-80-62(86-51(4)95)67(102)74(57(46-91)113-80)116-83-72(107)77(65(100)56(45-90)112-83)119-82-70(105)68(103)64(99)55(44-89)111-82/h39,41,52-59,61-84,88-93,96,98-108H,5-38,40,42-49H2,1-4H3,(H,85,94)(H,86,95)(H,87,97)/b41-39+/t52-,53+,54?,55?,56?,57?,58?,59?,61?,62?,63-,64-,65-,66+,67+,68-,69+,70?,71?,72?,73?,74+,75+,76-,77-,78+,79-,80-,81+,82+,83-,84-/m0/s1. The van der Waals surface area contributed by atoms with Crippen LogP contribution in [-0.2, 0) is 71.2 Å². The fraction of sp³-hybridized carbons (Fsp3) is 0.940. The number of ether oxygens (including phenoxy) is 12. The first-order valence-electron chi connectivity index (χ1n) is 45.0. The summed E-state index contributed by atoms with van der Waals surface area (Å²) in [5.41, 5.74) is 0. The van der Waals surface area contributed by atoms with E-state index in [-0.39, 0.29) is 12.3 Å². The van der Waals surface area contributed by atoms with Gasteiger partial charge in [-0.25, -0.2) is 0 Å². The SMILES string of the molecule is CCCCCCCCCCCCC/C=C/[C@@H](O)[C@H](CO[C@@H]1OC(CO)[C@@H](O[C@@H]2OC(CO)[C@H](O[C@@H]3OC(CO)[C@H](O)[C@H](O)C3NC(C)=O)[C@H](O[C@@H]3OC(CO)[C@@H](O[C@@H]4OC(CO)[C@H](O)[C@H](O[C@H]5OC(CO)[C@H](O)[C@H](O)C5O)C4O)[C@H](O)C3NC(C)=O)C2O)[C@H](O)C1O)NC(=O)CCCCCCCCCCCCCCCCCCCCCCCCC. The van der Waals surface area contributed by atoms with Crippen molar-refractivity contribution in [3.05, 3.63) is 12.2 Å². The zero-order valence-corrected chi connectivity index (χ0v) is 71.2. The molecule has 0 spiro atoms. The zero-order chi connectivity index (χ0) is 87.6. The number of aliphatic hydroxyl groups is 18. The van der Waals surface area contributed by atoms with Crippen molar-refractivity contribution in [3.8, 4) is 0 Å². The Morgan fingerprint density at radius 2 is 0.642 bits per heavy atom. The van der Waals surface area contributed by atoms with Gasteiger partial charge in [-0.3, -0.25) is 14.4 Å². The topological polar surface area (TPSA) is 562 Å². The summed E-state index contributed by atoms with van der Waals surface area (Å²) in [5.74, 6) is -2.08. The fourth-order valence-electron chi connectivity index (χ4n) is 16.5. The van der Waals surface area contributed by atoms with E-state index in [9.17, 15) is 106 Å². The Balaban J connectivity index is 1.14. The predicted octanol–water partition coefficient (Wildman–Crippen LogP) is 0.697. The summed E-state index contributed by atoms with van der Waals surface area (Å²) in [5, 5.41) is 209. The molecule has 12 unspecified atom stereocenters. The monoisotopic (exact) mass is 1730 g/mol. The second-order valence-electron chi connectivity index (χ2n) is 33.5. The molecule has 21 N–H and O–H groups in total. The normalized spacial score (nSPS) is 35.5. The lowest BCUT2D eigenvalue weighted by Crippen LogP contribution is -2.71. The molecule has 6 aliphatic heterocycles. The molecule has 6 fully saturated rings. The van der Waals surface area contributed by atoms with Crippen LogP contribution >= 0.6 is 0 Å². The van der Waals surface area contributed by atoms with Crippen molar-refractivity contribution < 1.29 is 163 Å². The number of hydrogen-bond donors (Lipinski definition) is 21. The van der Waals surface area contributed by atoms with Gasteiger partial charge in [0, 0.05) is 20.3 Å². The van der Waals surface area contributed by atoms with Gasteiger partial charge >= 0.3 is 0 Å². The van der Waals surface area contributed by atoms with Crippen LogP contribution in [0.1, 0.15) is 259 Å². The van der Waals surface area contributed by atoms with Crippen molar-refractivity contribution >= 4 is 17.7 Å². The van der Waals surface area contributed by atoms with E-state index in [1.165, 1.54) is 161 Å². The summed E-state index contributed by atoms with van der Waals surface area (Å²) in [7, 11) is 0. The van der Waals surface area contributed by atoms with Crippen LogP contribution in [0.5, 0.6) is 0 Å². The third kappa shape index (κ3) is 33.9. The van der Waals surface area contributed by atoms with E-state index in [1.54, 1.807) is 6.08 Å². The lowest BCUT2D eigenvalue weighted by Gasteiger charge is -2.51. The lowest BCUT2D eigenvalue weighted by atomic mass is 9.93. The maximum Gasteiger partial charge on any atom is 0.220 e. The Kier molecular flexibility index (Phi) is 51.5. The Bertz CT molecular complexity index is 2740. The molecule has 0 saturated carbocycles. The molecule has 6 aliphatic rings. The molecule has 0 aliphatic carbocycles. The minimum absolute atomic E-state index is 0.151. The molecule has 0 aromatic carbocycles. The maximum absolute atomic E-state index is 13.7. The molecule has 702 valence electrons. The fourth-order valence-corrected chi connectivity index (χ4v) is 16.5. The van der Waals surface area contributed by atoms with Crippen LogP contribution < -0.4 is 16.0 Å². The lowest BCUT2D eigenvalue weighted by molar-refractivity contribution is -0.397. The first-order chi connectivity index (χ1) is 57.8. The number of hydrogen-bond acceptors (Lipinski definition) is 33. The van der Waals surface area contributed by atoms with E-state index in [4.69, 9.17) is 56.8 Å². The first kappa shape index (κ1) is 106. The quantitative estimate of drug-likeness (QED) is 0.0294. The third-order valence-electron chi connectivity index (χ3n) is 23.7. The summed E-state index contributed by atoms with van der Waals surface area (Å²) < 4.78 is 72.1. The van der Waals surface area contributed by atoms with Gasteiger partial charge < -0.3 is 165 Å². The summed E-state index contributed by atoms with van der Waals surface area (Å²) in [6.07, 6.45) is -11.0. The minimum atomic E-state index is -2.35. The molecule has 120 heavy (non-hydrogen) atoms. The molecule has 6 saturated heterocycles. The van der Waals surface area contributed by atoms with Gasteiger partial charge in [-0.1, -0.05) is 231 Å². The third-order valence-corrected chi connectivity index (χ3v) is 23.7. The Labute approximate surface area is 707 Å². The first-order valence-corrected chi connectivity index (χ1v) is 45.0. The van der Waals surface area contributed by atoms with Crippen molar-refractivity contribution in [2.45, 2.75) is 455 Å². The number of carbonyl (C=O) groups excluding carboxylic acids is 3. The van der Waals surface area contributed by atoms with Gasteiger partial charge in [-0.2, -0.15) is 0 Å². The highest BCUT2D eigenvalue weighted by molar-refractivity contribution is 5.76. The largest absolute Gasteiger partial charge is 0.394 e. The van der Waals surface area contributed by atoms with Gasteiger partial charge in [-0.15, -0.1) is 0 Å². The van der Waals surface area contributed by atoms with Crippen LogP contribution in [0, 0.1) is 0 Å². The zero-order valence-electron chi connectivity index (χ0n) is 71.2. The Morgan fingerprint density at radius 1 is 0.325 bits per heavy atom. The van der Waals surface area contributed by atoms with E-state index >= 15 is 0 Å². The summed E-state index contributed by atoms with van der Waals surface area (Å²) in [6.45, 7) is -0.105. The number of allylic oxidation sites excluding steroid dienone is 1. The summed E-state index contributed by atoms with van der Waals surface area (Å²) in [6, 6.07) is -4.75. The molecular formula is C84H153N3O33. The van der Waals surface area contributed by atoms with Gasteiger partial charge in [0.25, 0.3) is 0 Å². The summed E-state index contributed by atoms with van der Waals surface area (Å²) >= 11 is 0. The number of amides is 3. The molecule has 0 aromatic heterocycles. The number of nitrogens with one attached hydrogen (secondary N) is 3. The average molecular weight is 1730 g/mol. The van der Waals surface area contributed by atoms with Gasteiger partial charge in [0.2, 0.25) is 17.7 Å². The molecule has 32 atom stereocenters. The molecule has 0 bridgehead atoms. The minimum Gasteiger partial charge on any atom is -0.394 e. The van der Waals surface area contributed by atoms with Crippen LogP contribution in [0.25, 0.3) is 0 Å². The Hall–Kier alpha value is -3.05. The van der Waals surface area contributed by atoms with Crippen LogP contribution in [0.15, 0.2) is 12.2 Å². The van der Waals surface area contributed by atoms with E-state index in [0.717, 1.165) is 65.2 Å². The summed E-state index contributed by atoms with van der Waals surface area (Å²) in [4.78, 5) is 39.6. The number of aliphatic hydroxyl groups excluding tert-OH is 18. The molecule has 3 amide bonds. The van der Waals surface area contributed by atoms with Crippen molar-refractivity contribution in [2.24, 2.45) is 0 Å². The van der Waals surface area contributed by atoms with Crippen LogP contribution in [0.2, 0.25) is 0 Å². The van der Waals surface area contributed by atoms with Crippen molar-refractivity contribution in [1.82, 2.24) is 16.0 Å². The molecule has 0 radical (unpaired) electrons. The number of unbranched alkanes of at least 4 members (excludes halogenated alkanes) is 33. The predicted molar refractivity (Wildman–Crippen MR) is 431 cm³/mol.